The quantitative estimate of drug-likeness (QED) is 0.469. The summed E-state index contributed by atoms with van der Waals surface area (Å²) in [6.45, 7) is 12.0. The lowest BCUT2D eigenvalue weighted by Gasteiger charge is -2.17. The molecule has 0 saturated carbocycles. The van der Waals surface area contributed by atoms with Crippen LogP contribution in [0.2, 0.25) is 0 Å². The highest BCUT2D eigenvalue weighted by Crippen LogP contribution is 2.20. The molecule has 2 aromatic carbocycles. The predicted molar refractivity (Wildman–Crippen MR) is 124 cm³/mol. The number of nitrogens with zero attached hydrogens (tertiary/aromatic N) is 2. The molecule has 0 aliphatic rings. The lowest BCUT2D eigenvalue weighted by Crippen LogP contribution is -2.27. The molecule has 0 N–H and O–H groups in total. The largest absolute Gasteiger partial charge is 0.439 e. The maximum atomic E-state index is 12.6. The monoisotopic (exact) mass is 394 g/mol. The Balaban J connectivity index is 0.00000120. The highest BCUT2D eigenvalue weighted by Gasteiger charge is 2.15. The number of carbonyl (C=O) groups is 1. The summed E-state index contributed by atoms with van der Waals surface area (Å²) >= 11 is 0. The Bertz CT molecular complexity index is 790. The number of pyridine rings is 1. The van der Waals surface area contributed by atoms with Gasteiger partial charge in [-0.1, -0.05) is 84.0 Å². The number of carbonyl (C=O) groups excluding carboxylic acids is 1. The standard InChI is InChI=1S/C19H16N2O2.3C2H6/c1-21(15-9-4-2-5-10-15)19(22)17-13-8-14-18(20-17)23-16-11-6-3-7-12-16;3*1-2/h2-14H,1H3;3*1-2H3. The fraction of sp³-hybridized carbons (Fsp3) is 0.280. The van der Waals surface area contributed by atoms with E-state index in [1.54, 1.807) is 30.1 Å². The van der Waals surface area contributed by atoms with Gasteiger partial charge in [-0.15, -0.1) is 0 Å². The van der Waals surface area contributed by atoms with Crippen LogP contribution < -0.4 is 9.64 Å². The smallest absolute Gasteiger partial charge is 0.276 e. The van der Waals surface area contributed by atoms with Crippen molar-refractivity contribution in [3.05, 3.63) is 84.6 Å². The molecule has 3 aromatic rings. The van der Waals surface area contributed by atoms with E-state index in [0.717, 1.165) is 5.69 Å². The molecule has 3 rings (SSSR count). The van der Waals surface area contributed by atoms with Gasteiger partial charge in [0, 0.05) is 18.8 Å². The minimum Gasteiger partial charge on any atom is -0.439 e. The molecule has 0 saturated heterocycles. The van der Waals surface area contributed by atoms with Gasteiger partial charge in [-0.05, 0) is 30.3 Å². The number of anilines is 1. The van der Waals surface area contributed by atoms with Crippen LogP contribution in [0, 0.1) is 0 Å². The third kappa shape index (κ3) is 8.60. The maximum absolute atomic E-state index is 12.6. The molecule has 0 bridgehead atoms. The molecular formula is C25H34N2O2. The summed E-state index contributed by atoms with van der Waals surface area (Å²) in [7, 11) is 1.73. The zero-order chi connectivity index (χ0) is 22.1. The molecule has 0 radical (unpaired) electrons. The molecule has 0 atom stereocenters. The van der Waals surface area contributed by atoms with Gasteiger partial charge < -0.3 is 9.64 Å². The van der Waals surface area contributed by atoms with E-state index in [-0.39, 0.29) is 5.91 Å². The number of amides is 1. The van der Waals surface area contributed by atoms with E-state index in [1.165, 1.54) is 0 Å². The van der Waals surface area contributed by atoms with Crippen molar-refractivity contribution in [3.8, 4) is 11.6 Å². The molecule has 1 heterocycles. The lowest BCUT2D eigenvalue weighted by molar-refractivity contribution is 0.0987. The molecule has 0 unspecified atom stereocenters. The fourth-order valence-corrected chi connectivity index (χ4v) is 2.14. The Morgan fingerprint density at radius 3 is 1.79 bits per heavy atom. The van der Waals surface area contributed by atoms with Crippen LogP contribution in [0.5, 0.6) is 11.6 Å². The summed E-state index contributed by atoms with van der Waals surface area (Å²) in [5.74, 6) is 0.888. The Morgan fingerprint density at radius 1 is 0.724 bits per heavy atom. The molecule has 4 heteroatoms. The van der Waals surface area contributed by atoms with E-state index in [9.17, 15) is 4.79 Å². The number of hydrogen-bond donors (Lipinski definition) is 0. The number of aromatic nitrogens is 1. The SMILES string of the molecule is CC.CC.CC.CN(C(=O)c1cccc(Oc2ccccc2)n1)c1ccccc1. The van der Waals surface area contributed by atoms with Gasteiger partial charge in [0.2, 0.25) is 5.88 Å². The molecule has 0 fully saturated rings. The number of hydrogen-bond acceptors (Lipinski definition) is 3. The summed E-state index contributed by atoms with van der Waals surface area (Å²) in [5, 5.41) is 0. The first-order valence-electron chi connectivity index (χ1n) is 10.3. The van der Waals surface area contributed by atoms with Crippen molar-refractivity contribution in [3.63, 3.8) is 0 Å². The Kier molecular flexibility index (Phi) is 14.2. The molecule has 156 valence electrons. The molecule has 1 aromatic heterocycles. The van der Waals surface area contributed by atoms with E-state index in [1.807, 2.05) is 102 Å². The zero-order valence-electron chi connectivity index (χ0n) is 18.7. The topological polar surface area (TPSA) is 42.4 Å². The third-order valence-electron chi connectivity index (χ3n) is 3.36. The minimum absolute atomic E-state index is 0.185. The number of ether oxygens (including phenoxy) is 1. The van der Waals surface area contributed by atoms with Crippen LogP contribution >= 0.6 is 0 Å². The lowest BCUT2D eigenvalue weighted by atomic mass is 10.2. The van der Waals surface area contributed by atoms with E-state index in [0.29, 0.717) is 17.3 Å². The summed E-state index contributed by atoms with van der Waals surface area (Å²) in [4.78, 5) is 18.4. The van der Waals surface area contributed by atoms with Crippen LogP contribution in [0.25, 0.3) is 0 Å². The van der Waals surface area contributed by atoms with Crippen molar-refractivity contribution < 1.29 is 9.53 Å². The van der Waals surface area contributed by atoms with Crippen LogP contribution in [-0.4, -0.2) is 17.9 Å². The van der Waals surface area contributed by atoms with Crippen molar-refractivity contribution in [2.45, 2.75) is 41.5 Å². The molecule has 0 spiro atoms. The molecule has 4 nitrogen and oxygen atoms in total. The van der Waals surface area contributed by atoms with Crippen molar-refractivity contribution in [2.75, 3.05) is 11.9 Å². The molecule has 0 aliphatic heterocycles. The number of para-hydroxylation sites is 2. The molecule has 1 amide bonds. The van der Waals surface area contributed by atoms with Gasteiger partial charge >= 0.3 is 0 Å². The van der Waals surface area contributed by atoms with Crippen molar-refractivity contribution in [1.82, 2.24) is 4.98 Å². The highest BCUT2D eigenvalue weighted by atomic mass is 16.5. The number of benzene rings is 2. The fourth-order valence-electron chi connectivity index (χ4n) is 2.14. The van der Waals surface area contributed by atoms with Crippen LogP contribution in [0.4, 0.5) is 5.69 Å². The highest BCUT2D eigenvalue weighted by molar-refractivity contribution is 6.04. The Hall–Kier alpha value is -3.14. The van der Waals surface area contributed by atoms with E-state index < -0.39 is 0 Å². The normalized spacial score (nSPS) is 8.66. The average Bonchev–Trinajstić information content (AvgIpc) is 2.83. The van der Waals surface area contributed by atoms with Crippen LogP contribution in [0.3, 0.4) is 0 Å². The second-order valence-electron chi connectivity index (χ2n) is 4.98. The van der Waals surface area contributed by atoms with Gasteiger partial charge in [-0.2, -0.15) is 0 Å². The van der Waals surface area contributed by atoms with Gasteiger partial charge in [0.25, 0.3) is 5.91 Å². The van der Waals surface area contributed by atoms with E-state index in [2.05, 4.69) is 4.98 Å². The summed E-state index contributed by atoms with van der Waals surface area (Å²) in [6.07, 6.45) is 0. The first-order chi connectivity index (χ1) is 14.2. The van der Waals surface area contributed by atoms with Crippen molar-refractivity contribution >= 4 is 11.6 Å². The zero-order valence-corrected chi connectivity index (χ0v) is 18.7. The second kappa shape index (κ2) is 15.9. The Morgan fingerprint density at radius 2 is 1.24 bits per heavy atom. The third-order valence-corrected chi connectivity index (χ3v) is 3.36. The summed E-state index contributed by atoms with van der Waals surface area (Å²) in [6, 6.07) is 24.0. The Labute approximate surface area is 176 Å². The van der Waals surface area contributed by atoms with E-state index in [4.69, 9.17) is 4.74 Å². The molecule has 0 aliphatic carbocycles. The van der Waals surface area contributed by atoms with Crippen LogP contribution in [-0.2, 0) is 0 Å². The first-order valence-corrected chi connectivity index (χ1v) is 10.3. The van der Waals surface area contributed by atoms with Gasteiger partial charge in [0.1, 0.15) is 11.4 Å². The average molecular weight is 395 g/mol. The predicted octanol–water partition coefficient (Wildman–Crippen LogP) is 7.23. The summed E-state index contributed by atoms with van der Waals surface area (Å²) < 4.78 is 5.67. The van der Waals surface area contributed by atoms with Crippen LogP contribution in [0.1, 0.15) is 52.0 Å². The van der Waals surface area contributed by atoms with Gasteiger partial charge in [-0.3, -0.25) is 4.79 Å². The van der Waals surface area contributed by atoms with Crippen molar-refractivity contribution in [1.29, 1.82) is 0 Å². The van der Waals surface area contributed by atoms with Crippen molar-refractivity contribution in [2.24, 2.45) is 0 Å². The van der Waals surface area contributed by atoms with Crippen LogP contribution in [0.15, 0.2) is 78.9 Å². The number of rotatable bonds is 4. The van der Waals surface area contributed by atoms with Gasteiger partial charge in [0.15, 0.2) is 0 Å². The minimum atomic E-state index is -0.185. The van der Waals surface area contributed by atoms with Gasteiger partial charge in [0.05, 0.1) is 0 Å². The van der Waals surface area contributed by atoms with E-state index >= 15 is 0 Å². The molecular weight excluding hydrogens is 360 g/mol. The maximum Gasteiger partial charge on any atom is 0.276 e. The second-order valence-corrected chi connectivity index (χ2v) is 4.98. The first kappa shape index (κ1) is 25.9. The summed E-state index contributed by atoms with van der Waals surface area (Å²) in [5.41, 5.74) is 1.15. The van der Waals surface area contributed by atoms with Gasteiger partial charge in [-0.25, -0.2) is 4.98 Å². The molecule has 29 heavy (non-hydrogen) atoms.